The molecule has 5 N–H and O–H groups in total. The molecule has 3 aromatic rings. The van der Waals surface area contributed by atoms with Gasteiger partial charge in [-0.25, -0.2) is 32.1 Å². The Morgan fingerprint density at radius 1 is 1.07 bits per heavy atom. The maximum absolute atomic E-state index is 15.3. The molecule has 3 aliphatic carbocycles. The van der Waals surface area contributed by atoms with Gasteiger partial charge in [0.05, 0.1) is 25.9 Å². The van der Waals surface area contributed by atoms with Gasteiger partial charge >= 0.3 is 26.2 Å². The van der Waals surface area contributed by atoms with Crippen LogP contribution in [-0.4, -0.2) is 89.5 Å². The molecule has 2 bridgehead atoms. The van der Waals surface area contributed by atoms with Crippen LogP contribution in [0.1, 0.15) is 98.3 Å². The van der Waals surface area contributed by atoms with Crippen LogP contribution < -0.4 is 19.9 Å². The highest BCUT2D eigenvalue weighted by Crippen LogP contribution is 2.66. The van der Waals surface area contributed by atoms with Crippen molar-refractivity contribution in [2.24, 2.45) is 22.4 Å². The van der Waals surface area contributed by atoms with Gasteiger partial charge in [0.2, 0.25) is 0 Å². The molecule has 1 saturated heterocycles. The van der Waals surface area contributed by atoms with Crippen LogP contribution in [-0.2, 0) is 31.6 Å². The quantitative estimate of drug-likeness (QED) is 0.0454. The van der Waals surface area contributed by atoms with E-state index in [0.717, 1.165) is 24.2 Å². The number of oxime groups is 1. The lowest BCUT2D eigenvalue weighted by Gasteiger charge is -2.64. The number of nitrogen functional groups attached to an aromatic ring is 1. The first-order chi connectivity index (χ1) is 28.5. The molecule has 15 nitrogen and oxygen atoms in total. The fourth-order valence-corrected chi connectivity index (χ4v) is 9.42. The van der Waals surface area contributed by atoms with Gasteiger partial charge in [0.15, 0.2) is 51.4 Å². The van der Waals surface area contributed by atoms with Gasteiger partial charge in [-0.3, -0.25) is 4.79 Å². The Hall–Kier alpha value is -4.92. The maximum atomic E-state index is 15.3. The number of methoxy groups -OCH3 is 2. The second-order valence-corrected chi connectivity index (χ2v) is 18.0. The number of aromatic carboxylic acids is 1. The minimum absolute atomic E-state index is 0.0204. The lowest BCUT2D eigenvalue weighted by atomic mass is 9.43. The smallest absolute Gasteiger partial charge is 0.526 e. The second kappa shape index (κ2) is 16.7. The molecule has 0 radical (unpaired) electrons. The van der Waals surface area contributed by atoms with E-state index < -0.39 is 107 Å². The van der Waals surface area contributed by atoms with E-state index in [1.807, 2.05) is 0 Å². The number of halogens is 4. The van der Waals surface area contributed by atoms with E-state index in [1.165, 1.54) is 19.6 Å². The highest BCUT2D eigenvalue weighted by molar-refractivity contribution is 7.13. The van der Waals surface area contributed by atoms with E-state index in [4.69, 9.17) is 44.2 Å². The van der Waals surface area contributed by atoms with Crippen LogP contribution in [0.15, 0.2) is 16.6 Å². The minimum Gasteiger partial charge on any atom is -0.535 e. The van der Waals surface area contributed by atoms with Crippen molar-refractivity contribution in [1.29, 1.82) is 0 Å². The molecule has 4 fully saturated rings. The van der Waals surface area contributed by atoms with E-state index in [2.05, 4.69) is 30.9 Å². The standard InChI is InChI=1S/C24H33BF2O6.C15H12BF2N3O6S/c1-22(2,3)31-21(28)16-18(27)17(26)13(19(29-7)20(16)30-8)11-25-32-15-10-12-9-14(23(12,4)5)24(15,6)33-25;17-8-3-7(14(23)24)13-6(11(8)18)1-5(16(25)27-13)2-10(22)12(21-26)9-4-28-15(19)20-9/h12,14-15H,9-11H2,1-8H3;3-5,25-26H,1-2H2,(H2,19,20)(H,23,24)/b;21-12-/t12-,14-,15?,24-;5-/m01/s1. The average Bonchev–Trinajstić information content (AvgIpc) is 3.76. The molecule has 0 amide bonds. The van der Waals surface area contributed by atoms with Crippen LogP contribution in [0.3, 0.4) is 0 Å². The number of hydrogen-bond acceptors (Lipinski definition) is 15. The van der Waals surface area contributed by atoms with Gasteiger partial charge in [-0.15, -0.1) is 11.3 Å². The molecule has 3 saturated carbocycles. The molecule has 8 rings (SSSR count). The third-order valence-electron chi connectivity index (χ3n) is 11.9. The number of ether oxygens (including phenoxy) is 3. The van der Waals surface area contributed by atoms with Gasteiger partial charge in [0, 0.05) is 35.1 Å². The monoisotopic (exact) mass is 877 g/mol. The van der Waals surface area contributed by atoms with E-state index >= 15 is 8.78 Å². The third kappa shape index (κ3) is 8.38. The number of anilines is 1. The van der Waals surface area contributed by atoms with Crippen LogP contribution in [0, 0.1) is 40.5 Å². The summed E-state index contributed by atoms with van der Waals surface area (Å²) in [5.74, 6) is -9.54. The number of nitrogens with zero attached hydrogens (tertiary/aromatic N) is 2. The number of thiazole rings is 1. The third-order valence-corrected chi connectivity index (χ3v) is 12.6. The summed E-state index contributed by atoms with van der Waals surface area (Å²) in [4.78, 5) is 40.1. The van der Waals surface area contributed by atoms with E-state index in [-0.39, 0.29) is 52.1 Å². The highest BCUT2D eigenvalue weighted by Gasteiger charge is 2.67. The van der Waals surface area contributed by atoms with Crippen molar-refractivity contribution in [1.82, 2.24) is 4.98 Å². The number of fused-ring (bicyclic) bond motifs is 1. The van der Waals surface area contributed by atoms with Crippen molar-refractivity contribution >= 4 is 54.1 Å². The summed E-state index contributed by atoms with van der Waals surface area (Å²) < 4.78 is 91.9. The summed E-state index contributed by atoms with van der Waals surface area (Å²) in [6.07, 6.45) is 0.952. The molecule has 22 heteroatoms. The van der Waals surface area contributed by atoms with Crippen molar-refractivity contribution in [3.63, 3.8) is 0 Å². The van der Waals surface area contributed by atoms with Crippen LogP contribution >= 0.6 is 11.3 Å². The number of carboxylic acid groups (broad SMARTS) is 1. The Morgan fingerprint density at radius 2 is 1.74 bits per heavy atom. The maximum Gasteiger partial charge on any atom is 0.526 e. The van der Waals surface area contributed by atoms with Crippen molar-refractivity contribution in [2.75, 3.05) is 20.0 Å². The number of nitrogens with two attached hydrogens (primary N) is 1. The molecule has 3 heterocycles. The molecular formula is C39H45B2F4N3O12S. The van der Waals surface area contributed by atoms with Crippen molar-refractivity contribution in [3.8, 4) is 17.2 Å². The fraction of sp³-hybridized carbons (Fsp3) is 0.513. The Balaban J connectivity index is 0.000000207. The van der Waals surface area contributed by atoms with Crippen LogP contribution in [0.25, 0.3) is 0 Å². The summed E-state index contributed by atoms with van der Waals surface area (Å²) in [5.41, 5.74) is 2.07. The first-order valence-corrected chi connectivity index (χ1v) is 20.1. The Morgan fingerprint density at radius 3 is 2.30 bits per heavy atom. The molecule has 5 atom stereocenters. The first kappa shape index (κ1) is 45.6. The van der Waals surface area contributed by atoms with Gasteiger partial charge in [-0.2, -0.15) is 0 Å². The molecule has 0 spiro atoms. The number of aromatic nitrogens is 1. The van der Waals surface area contributed by atoms with E-state index in [0.29, 0.717) is 17.9 Å². The number of esters is 1. The second-order valence-electron chi connectivity index (χ2n) is 17.1. The Labute approximate surface area is 352 Å². The zero-order chi connectivity index (χ0) is 45.1. The van der Waals surface area contributed by atoms with Crippen molar-refractivity contribution in [3.05, 3.63) is 62.7 Å². The normalized spacial score (nSPS) is 23.7. The van der Waals surface area contributed by atoms with Crippen LogP contribution in [0.2, 0.25) is 5.82 Å². The van der Waals surface area contributed by atoms with Crippen LogP contribution in [0.4, 0.5) is 22.7 Å². The van der Waals surface area contributed by atoms with Gasteiger partial charge in [0.1, 0.15) is 28.2 Å². The minimum atomic E-state index is -1.67. The predicted molar refractivity (Wildman–Crippen MR) is 212 cm³/mol. The zero-order valence-corrected chi connectivity index (χ0v) is 35.4. The lowest BCUT2D eigenvalue weighted by Crippen LogP contribution is -2.65. The van der Waals surface area contributed by atoms with Gasteiger partial charge in [-0.1, -0.05) is 19.0 Å². The number of carboxylic acids is 1. The summed E-state index contributed by atoms with van der Waals surface area (Å²) in [7, 11) is 0.141. The van der Waals surface area contributed by atoms with E-state index in [1.54, 1.807) is 20.8 Å². The molecular weight excluding hydrogens is 832 g/mol. The predicted octanol–water partition coefficient (Wildman–Crippen LogP) is 6.07. The summed E-state index contributed by atoms with van der Waals surface area (Å²) in [5, 5.41) is 32.8. The van der Waals surface area contributed by atoms with Gasteiger partial charge in [-0.05, 0) is 70.3 Å². The summed E-state index contributed by atoms with van der Waals surface area (Å²) in [6.45, 7) is 11.5. The highest BCUT2D eigenvalue weighted by atomic mass is 32.1. The fourth-order valence-electron chi connectivity index (χ4n) is 8.87. The van der Waals surface area contributed by atoms with Crippen molar-refractivity contribution in [2.45, 2.75) is 96.7 Å². The Bertz CT molecular complexity index is 2290. The number of Topliss-reactive ketones (excluding diaryl/α,β-unsaturated/α-hetero) is 1. The molecule has 5 aliphatic rings. The lowest BCUT2D eigenvalue weighted by molar-refractivity contribution is -0.199. The number of benzene rings is 2. The van der Waals surface area contributed by atoms with Crippen LogP contribution in [0.5, 0.6) is 17.2 Å². The molecule has 2 aliphatic heterocycles. The number of rotatable bonds is 10. The SMILES string of the molecule is COc1c(CB2OC3C[C@@H]4C[C@@H](C4(C)C)[C@]3(C)O2)c(F)c(F)c(C(=O)OC(C)(C)C)c1OC.Nc1nc(/C(=N/O)C(=O)C[C@H]2Cc3c(F)c(F)cc(C(=O)O)c3OB2O)cs1. The number of hydrogen-bond donors (Lipinski definition) is 4. The summed E-state index contributed by atoms with van der Waals surface area (Å²) in [6, 6.07) is 0.456. The largest absolute Gasteiger partial charge is 0.535 e. The zero-order valence-electron chi connectivity index (χ0n) is 34.6. The molecule has 61 heavy (non-hydrogen) atoms. The Kier molecular flexibility index (Phi) is 12.5. The first-order valence-electron chi connectivity index (χ1n) is 19.2. The topological polar surface area (TPSA) is 219 Å². The number of carbonyl (C=O) groups is 3. The number of ketones is 1. The summed E-state index contributed by atoms with van der Waals surface area (Å²) >= 11 is 1.01. The molecule has 328 valence electrons. The molecule has 1 unspecified atom stereocenters. The van der Waals surface area contributed by atoms with E-state index in [9.17, 15) is 28.2 Å². The number of carbonyl (C=O) groups excluding carboxylic acids is 2. The van der Waals surface area contributed by atoms with Gasteiger partial charge < -0.3 is 49.2 Å². The molecule has 2 aromatic carbocycles. The average molecular weight is 877 g/mol. The van der Waals surface area contributed by atoms with Crippen molar-refractivity contribution < 1.29 is 75.5 Å². The van der Waals surface area contributed by atoms with Gasteiger partial charge in [0.25, 0.3) is 0 Å². The molecule has 1 aromatic heterocycles.